The van der Waals surface area contributed by atoms with Gasteiger partial charge in [-0.1, -0.05) is 19.8 Å². The molecule has 0 aromatic carbocycles. The summed E-state index contributed by atoms with van der Waals surface area (Å²) in [6.07, 6.45) is -42.8. The molecular weight excluding hydrogens is 1680 g/mol. The van der Waals surface area contributed by atoms with E-state index < -0.39 is 234 Å². The first-order valence-corrected chi connectivity index (χ1v) is 40.3. The molecule has 0 spiro atoms. The van der Waals surface area contributed by atoms with Gasteiger partial charge in [0, 0.05) is 86.1 Å². The van der Waals surface area contributed by atoms with Crippen LogP contribution in [-0.4, -0.2) is 315 Å². The van der Waals surface area contributed by atoms with Crippen LogP contribution in [0.5, 0.6) is 0 Å². The van der Waals surface area contributed by atoms with Crippen molar-refractivity contribution in [1.29, 1.82) is 0 Å². The van der Waals surface area contributed by atoms with Crippen LogP contribution in [0.15, 0.2) is 0 Å². The van der Waals surface area contributed by atoms with Gasteiger partial charge in [-0.2, -0.15) is 11.8 Å². The summed E-state index contributed by atoms with van der Waals surface area (Å²) >= 11 is 0.900. The van der Waals surface area contributed by atoms with Gasteiger partial charge < -0.3 is 146 Å². The Morgan fingerprint density at radius 2 is 0.902 bits per heavy atom. The lowest BCUT2D eigenvalue weighted by molar-refractivity contribution is -0.778. The molecule has 0 bridgehead atoms. The summed E-state index contributed by atoms with van der Waals surface area (Å²) in [6.45, 7) is -1.98. The lowest BCUT2D eigenvalue weighted by Gasteiger charge is -2.52. The van der Waals surface area contributed by atoms with Gasteiger partial charge in [0.25, 0.3) is 0 Å². The molecule has 51 nitrogen and oxygen atoms in total. The lowest BCUT2D eigenvalue weighted by atomic mass is 9.88. The number of aliphatic carboxylic acids is 2. The average Bonchev–Trinajstić information content (AvgIpc) is 0.887. The number of hydrogen-bond donors (Lipinski definition) is 4. The predicted octanol–water partition coefficient (Wildman–Crippen LogP) is -9.14. The molecule has 7 aliphatic rings. The Morgan fingerprint density at radius 1 is 0.482 bits per heavy atom. The van der Waals surface area contributed by atoms with E-state index in [2.05, 4.69) is 61.9 Å². The third kappa shape index (κ3) is 27.5. The number of amides is 4. The molecule has 7 aliphatic heterocycles. The predicted molar refractivity (Wildman–Crippen MR) is 342 cm³/mol. The molecule has 58 heteroatoms. The minimum Gasteiger partial charge on any atom is -0.726 e. The van der Waals surface area contributed by atoms with Gasteiger partial charge in [0.1, 0.15) is 91.5 Å². The van der Waals surface area contributed by atoms with Gasteiger partial charge in [-0.25, -0.2) is 30.0 Å². The standard InChI is InChI=1S/C54H90N4O47S7/c1-22-24(18-85-110(69,70)71)88-49(31(32(22)78-2)57-29(60)16-10-9-13-17-55-28(59)15-12-11-14-27-30-23(21-106-27)56-54(65)58-30)93-38-36(80-4)43(82-6)52(95-41(38)47(61)62)92-34-26(20-87-112(75,76)77)90-53(46(99-109-105-102-68)40(34)97-107-103-100-66)94-39-37(81-5)44(83-7)51(96-42(39)48(63)64)91-33-25(19-86-111(72,73)74)89-50(84-8)45(35(33)79-3)98-108-104-101-67/h22-27,30-46,49-53,66-68H,9-21H2,1-8H3,(H,55,59)(H,57,60)(H,61,62)(H,63,64)(H2,56,58,65)(H,69,70,71)(H,72,73,74)(H,75,76,77)/p-8/t22-,23?,24?,25?,26+,27?,30?,31?,32-,33-,34+,35-,36-,37?,38+,39-,40?,41?,42+,43?,44?,45?,46?,49-,50+,51-,52+,53+/m0/s1. The van der Waals surface area contributed by atoms with Crippen LogP contribution < -0.4 is 47.3 Å². The highest BCUT2D eigenvalue weighted by atomic mass is 32.3. The van der Waals surface area contributed by atoms with Crippen molar-refractivity contribution < 1.29 is 218 Å². The molecule has 28 atom stereocenters. The molecule has 0 radical (unpaired) electrons. The molecule has 0 saturated carbocycles. The number of fused-ring (bicyclic) bond motifs is 1. The number of thioether (sulfide) groups is 1. The maximum Gasteiger partial charge on any atom is 0.315 e. The Hall–Kier alpha value is -2.96. The number of carboxylic acid groups (broad SMARTS) is 2. The molecule has 7 heterocycles. The van der Waals surface area contributed by atoms with Crippen LogP contribution in [0.2, 0.25) is 0 Å². The van der Waals surface area contributed by atoms with Gasteiger partial charge in [-0.15, -0.1) is 13.0 Å². The highest BCUT2D eigenvalue weighted by molar-refractivity contribution is 8.00. The number of methoxy groups -OCH3 is 7. The molecule has 0 aliphatic carbocycles. The number of rotatable bonds is 50. The molecule has 7 rings (SSSR count). The second kappa shape index (κ2) is 46.6. The van der Waals surface area contributed by atoms with Crippen LogP contribution in [0.3, 0.4) is 0 Å². The Balaban J connectivity index is 1.14. The molecule has 650 valence electrons. The number of hydrogen-bond acceptors (Lipinski definition) is 51. The summed E-state index contributed by atoms with van der Waals surface area (Å²) in [5, 5.41) is 82.0. The van der Waals surface area contributed by atoms with E-state index in [4.69, 9.17) is 88.3 Å². The first kappa shape index (κ1) is 96.2. The summed E-state index contributed by atoms with van der Waals surface area (Å²) < 4.78 is 245. The summed E-state index contributed by atoms with van der Waals surface area (Å²) in [7, 11) is -9.66. The minimum absolute atomic E-state index is 0.0414. The smallest absolute Gasteiger partial charge is 0.315 e. The van der Waals surface area contributed by atoms with Gasteiger partial charge in [-0.3, -0.25) is 49.8 Å². The SMILES string of the molecule is COC1C(OC)[C@H](O[C@H]2O[C@H](COS(=O)(=O)[O-])[C@@H](O[C@@H]3OC(C(=O)[O-])[C@H](O[C@@H]4OC(COS(=O)(=O)[O-])[C@H](C)[C@H](OC)C4NC(=O)CCCCCNC(=O)CCCCC4SCC5NC(=O)NC54)[C@H](OC)C3OC)C(OSOO[O-])C2OSOO[O-])[C@H](C(=O)[O-])O[C@@H]1O[C@H]1C(COS(=O)(=O)[O-])O[C@@H](OC)C(OSOO[O-])[C@H]1OC. The van der Waals surface area contributed by atoms with Crippen LogP contribution in [-0.2, 0) is 179 Å². The zero-order chi connectivity index (χ0) is 82.2. The normalized spacial score (nSPS) is 35.9. The van der Waals surface area contributed by atoms with Gasteiger partial charge in [-0.05, 0) is 25.7 Å². The third-order valence-corrected chi connectivity index (χ3v) is 22.3. The fraction of sp³-hybridized carbons (Fsp3) is 0.907. The number of carbonyl (C=O) groups is 5. The molecule has 7 fully saturated rings. The van der Waals surface area contributed by atoms with E-state index in [1.807, 2.05) is 0 Å². The zero-order valence-electron chi connectivity index (χ0n) is 59.9. The highest BCUT2D eigenvalue weighted by Crippen LogP contribution is 2.43. The quantitative estimate of drug-likeness (QED) is 0.00836. The third-order valence-electron chi connectivity index (χ3n) is 18.3. The number of carbonyl (C=O) groups excluding carboxylic acids is 5. The second-order valence-corrected chi connectivity index (χ2v) is 30.6. The summed E-state index contributed by atoms with van der Waals surface area (Å²) in [4.78, 5) is 65.3. The van der Waals surface area contributed by atoms with Crippen molar-refractivity contribution in [3.63, 3.8) is 0 Å². The Bertz CT molecular complexity index is 3270. The summed E-state index contributed by atoms with van der Waals surface area (Å²) in [5.41, 5.74) is 0. The van der Waals surface area contributed by atoms with Crippen molar-refractivity contribution in [3.05, 3.63) is 0 Å². The van der Waals surface area contributed by atoms with Crippen molar-refractivity contribution in [1.82, 2.24) is 21.3 Å². The van der Waals surface area contributed by atoms with Crippen LogP contribution in [0, 0.1) is 5.92 Å². The van der Waals surface area contributed by atoms with Crippen molar-refractivity contribution in [2.24, 2.45) is 5.92 Å². The van der Waals surface area contributed by atoms with Crippen LogP contribution in [0.4, 0.5) is 4.79 Å². The van der Waals surface area contributed by atoms with Gasteiger partial charge >= 0.3 is 6.03 Å². The van der Waals surface area contributed by atoms with Gasteiger partial charge in [0.05, 0.1) is 56.1 Å². The van der Waals surface area contributed by atoms with E-state index in [9.17, 15) is 88.9 Å². The van der Waals surface area contributed by atoms with E-state index in [1.165, 1.54) is 14.0 Å². The van der Waals surface area contributed by atoms with Crippen molar-refractivity contribution in [2.45, 2.75) is 223 Å². The number of nitrogens with one attached hydrogen (secondary N) is 4. The molecule has 0 aromatic heterocycles. The van der Waals surface area contributed by atoms with Crippen molar-refractivity contribution >= 4 is 110 Å². The van der Waals surface area contributed by atoms with Crippen LogP contribution in [0.1, 0.15) is 58.3 Å². The largest absolute Gasteiger partial charge is 0.726 e. The maximum absolute atomic E-state index is 13.9. The fourth-order valence-electron chi connectivity index (χ4n) is 13.4. The highest BCUT2D eigenvalue weighted by Gasteiger charge is 2.60. The first-order chi connectivity index (χ1) is 53.3. The zero-order valence-corrected chi connectivity index (χ0v) is 65.6. The van der Waals surface area contributed by atoms with E-state index in [0.29, 0.717) is 19.3 Å². The maximum atomic E-state index is 13.9. The molecule has 7 saturated heterocycles. The second-order valence-electron chi connectivity index (χ2n) is 24.8. The molecule has 4 N–H and O–H groups in total. The monoisotopic (exact) mass is 1760 g/mol. The molecule has 0 aromatic rings. The summed E-state index contributed by atoms with van der Waals surface area (Å²) in [6, 6.07) is -1.55. The van der Waals surface area contributed by atoms with Gasteiger partial charge in [0.15, 0.2) is 80.6 Å². The average molecular weight is 1760 g/mol. The van der Waals surface area contributed by atoms with E-state index >= 15 is 0 Å². The topological polar surface area (TPSA) is 679 Å². The van der Waals surface area contributed by atoms with E-state index in [1.54, 1.807) is 11.8 Å². The minimum atomic E-state index is -5.85. The van der Waals surface area contributed by atoms with Gasteiger partial charge in [0.2, 0.25) is 43.0 Å². The molecule has 13 unspecified atom stereocenters. The lowest BCUT2D eigenvalue weighted by Crippen LogP contribution is -2.70. The van der Waals surface area contributed by atoms with E-state index in [-0.39, 0.29) is 79.7 Å². The van der Waals surface area contributed by atoms with Crippen LogP contribution >= 0.6 is 48.7 Å². The molecular formula is C54H82N4O47S7-8. The number of carboxylic acids is 2. The summed E-state index contributed by atoms with van der Waals surface area (Å²) in [5.74, 6) is -5.38. The van der Waals surface area contributed by atoms with Crippen molar-refractivity contribution in [3.8, 4) is 0 Å². The number of unbranched alkanes of at least 4 members (excludes halogenated alkanes) is 3. The van der Waals surface area contributed by atoms with Crippen molar-refractivity contribution in [2.75, 3.05) is 81.9 Å². The molecule has 112 heavy (non-hydrogen) atoms. The Labute approximate surface area is 656 Å². The fourth-order valence-corrected chi connectivity index (χ4v) is 16.9. The van der Waals surface area contributed by atoms with Crippen LogP contribution in [0.25, 0.3) is 0 Å². The Kier molecular flexibility index (Phi) is 40.0. The number of urea groups is 1. The number of ether oxygens (including phenoxy) is 16. The first-order valence-electron chi connectivity index (χ1n) is 33.2. The van der Waals surface area contributed by atoms with E-state index in [0.717, 1.165) is 61.3 Å². The Morgan fingerprint density at radius 3 is 1.38 bits per heavy atom. The molecule has 4 amide bonds.